The lowest BCUT2D eigenvalue weighted by atomic mass is 10.1. The van der Waals surface area contributed by atoms with Crippen LogP contribution in [0.25, 0.3) is 22.3 Å². The van der Waals surface area contributed by atoms with Gasteiger partial charge in [-0.2, -0.15) is 5.10 Å². The van der Waals surface area contributed by atoms with Crippen LogP contribution in [0.4, 0.5) is 0 Å². The maximum atomic E-state index is 12.5. The highest BCUT2D eigenvalue weighted by molar-refractivity contribution is 5.96. The predicted octanol–water partition coefficient (Wildman–Crippen LogP) is 2.61. The van der Waals surface area contributed by atoms with Crippen molar-refractivity contribution in [3.05, 3.63) is 60.0 Å². The molecule has 0 saturated heterocycles. The molecule has 0 saturated carbocycles. The van der Waals surface area contributed by atoms with Crippen LogP contribution in [-0.4, -0.2) is 32.9 Å². The zero-order valence-corrected chi connectivity index (χ0v) is 14.2. The van der Waals surface area contributed by atoms with E-state index in [0.29, 0.717) is 23.6 Å². The predicted molar refractivity (Wildman–Crippen MR) is 97.4 cm³/mol. The molecule has 1 aliphatic heterocycles. The van der Waals surface area contributed by atoms with Crippen molar-refractivity contribution in [1.82, 2.24) is 25.5 Å². The smallest absolute Gasteiger partial charge is 0.267 e. The fraction of sp³-hybridized carbons (Fsp3) is 0.105. The third-order valence-electron chi connectivity index (χ3n) is 4.44. The Hall–Kier alpha value is -3.81. The number of rotatable bonds is 4. The highest BCUT2D eigenvalue weighted by Gasteiger charge is 2.15. The summed E-state index contributed by atoms with van der Waals surface area (Å²) >= 11 is 0. The number of aromatic nitrogens is 4. The number of pyridine rings is 1. The van der Waals surface area contributed by atoms with Crippen LogP contribution in [0.15, 0.2) is 48.8 Å². The first-order chi connectivity index (χ1) is 13.3. The van der Waals surface area contributed by atoms with Crippen molar-refractivity contribution >= 4 is 16.9 Å². The van der Waals surface area contributed by atoms with Crippen molar-refractivity contribution in [3.8, 4) is 22.8 Å². The molecule has 1 amide bonds. The Bertz CT molecular complexity index is 1150. The molecule has 5 rings (SSSR count). The summed E-state index contributed by atoms with van der Waals surface area (Å²) in [6.45, 7) is 0.620. The van der Waals surface area contributed by atoms with E-state index in [1.54, 1.807) is 18.5 Å². The molecule has 8 nitrogen and oxygen atoms in total. The summed E-state index contributed by atoms with van der Waals surface area (Å²) in [7, 11) is 0. The van der Waals surface area contributed by atoms with Gasteiger partial charge in [0, 0.05) is 29.9 Å². The fourth-order valence-corrected chi connectivity index (χ4v) is 3.07. The SMILES string of the molecule is O=C(NCc1ccc2c(c1)OCO2)c1cc(-c2[nH]nc3ncccc23)c[nH]1. The highest BCUT2D eigenvalue weighted by Crippen LogP contribution is 2.32. The minimum absolute atomic E-state index is 0.194. The van der Waals surface area contributed by atoms with Crippen LogP contribution in [0.5, 0.6) is 11.5 Å². The molecule has 0 aliphatic carbocycles. The topological polar surface area (TPSA) is 105 Å². The molecule has 8 heteroatoms. The van der Waals surface area contributed by atoms with Gasteiger partial charge in [-0.1, -0.05) is 6.07 Å². The molecule has 3 N–H and O–H groups in total. The number of aromatic amines is 2. The van der Waals surface area contributed by atoms with E-state index in [9.17, 15) is 4.79 Å². The lowest BCUT2D eigenvalue weighted by molar-refractivity contribution is 0.0946. The van der Waals surface area contributed by atoms with Crippen LogP contribution in [0.3, 0.4) is 0 Å². The first-order valence-corrected chi connectivity index (χ1v) is 8.42. The van der Waals surface area contributed by atoms with E-state index in [-0.39, 0.29) is 12.7 Å². The molecule has 0 atom stereocenters. The van der Waals surface area contributed by atoms with Gasteiger partial charge in [0.2, 0.25) is 6.79 Å². The normalized spacial score (nSPS) is 12.4. The van der Waals surface area contributed by atoms with Gasteiger partial charge < -0.3 is 19.8 Å². The molecule has 1 aliphatic rings. The first-order valence-electron chi connectivity index (χ1n) is 8.42. The minimum atomic E-state index is -0.194. The molecule has 0 radical (unpaired) electrons. The van der Waals surface area contributed by atoms with Crippen LogP contribution >= 0.6 is 0 Å². The van der Waals surface area contributed by atoms with Gasteiger partial charge in [0.1, 0.15) is 5.69 Å². The number of benzene rings is 1. The van der Waals surface area contributed by atoms with Gasteiger partial charge in [-0.05, 0) is 35.9 Å². The number of hydrogen-bond donors (Lipinski definition) is 3. The number of nitrogens with zero attached hydrogens (tertiary/aromatic N) is 2. The molecule has 4 heterocycles. The average Bonchev–Trinajstić information content (AvgIpc) is 3.43. The third-order valence-corrected chi connectivity index (χ3v) is 4.44. The summed E-state index contributed by atoms with van der Waals surface area (Å²) < 4.78 is 10.6. The summed E-state index contributed by atoms with van der Waals surface area (Å²) in [5.74, 6) is 1.23. The van der Waals surface area contributed by atoms with Crippen molar-refractivity contribution in [2.75, 3.05) is 6.79 Å². The molecule has 134 valence electrons. The van der Waals surface area contributed by atoms with Gasteiger partial charge in [0.05, 0.1) is 5.69 Å². The number of ether oxygens (including phenoxy) is 2. The summed E-state index contributed by atoms with van der Waals surface area (Å²) in [5, 5.41) is 11.0. The molecular weight excluding hydrogens is 346 g/mol. The molecule has 1 aromatic carbocycles. The van der Waals surface area contributed by atoms with Crippen molar-refractivity contribution in [3.63, 3.8) is 0 Å². The maximum absolute atomic E-state index is 12.5. The van der Waals surface area contributed by atoms with E-state index >= 15 is 0 Å². The monoisotopic (exact) mass is 361 g/mol. The second kappa shape index (κ2) is 6.17. The van der Waals surface area contributed by atoms with E-state index < -0.39 is 0 Å². The molecule has 0 bridgehead atoms. The first kappa shape index (κ1) is 15.4. The molecule has 0 unspecified atom stereocenters. The Kier molecular flexibility index (Phi) is 3.53. The highest BCUT2D eigenvalue weighted by atomic mass is 16.7. The third kappa shape index (κ3) is 2.77. The van der Waals surface area contributed by atoms with E-state index in [4.69, 9.17) is 9.47 Å². The minimum Gasteiger partial charge on any atom is -0.454 e. The Morgan fingerprint density at radius 3 is 3.07 bits per heavy atom. The van der Waals surface area contributed by atoms with Gasteiger partial charge in [-0.25, -0.2) is 4.98 Å². The van der Waals surface area contributed by atoms with Gasteiger partial charge in [0.25, 0.3) is 5.91 Å². The maximum Gasteiger partial charge on any atom is 0.267 e. The lowest BCUT2D eigenvalue weighted by Crippen LogP contribution is -2.22. The number of H-pyrrole nitrogens is 2. The lowest BCUT2D eigenvalue weighted by Gasteiger charge is -2.05. The van der Waals surface area contributed by atoms with Crippen molar-refractivity contribution in [2.45, 2.75) is 6.54 Å². The van der Waals surface area contributed by atoms with Crippen LogP contribution in [0, 0.1) is 0 Å². The Morgan fingerprint density at radius 2 is 2.11 bits per heavy atom. The summed E-state index contributed by atoms with van der Waals surface area (Å²) in [5.41, 5.74) is 3.72. The van der Waals surface area contributed by atoms with Crippen LogP contribution in [0.2, 0.25) is 0 Å². The largest absolute Gasteiger partial charge is 0.454 e. The second-order valence-electron chi connectivity index (χ2n) is 6.15. The quantitative estimate of drug-likeness (QED) is 0.518. The van der Waals surface area contributed by atoms with Gasteiger partial charge in [-0.3, -0.25) is 9.89 Å². The Balaban J connectivity index is 1.31. The molecule has 27 heavy (non-hydrogen) atoms. The summed E-state index contributed by atoms with van der Waals surface area (Å²) in [4.78, 5) is 19.7. The number of nitrogens with one attached hydrogen (secondary N) is 3. The van der Waals surface area contributed by atoms with Crippen LogP contribution in [-0.2, 0) is 6.54 Å². The average molecular weight is 361 g/mol. The molecule has 4 aromatic rings. The van der Waals surface area contributed by atoms with Crippen molar-refractivity contribution in [1.29, 1.82) is 0 Å². The second-order valence-corrected chi connectivity index (χ2v) is 6.15. The van der Waals surface area contributed by atoms with Crippen molar-refractivity contribution < 1.29 is 14.3 Å². The summed E-state index contributed by atoms with van der Waals surface area (Å²) in [6.07, 6.45) is 3.47. The number of amides is 1. The van der Waals surface area contributed by atoms with Crippen molar-refractivity contribution in [2.24, 2.45) is 0 Å². The number of hydrogen-bond acceptors (Lipinski definition) is 5. The fourth-order valence-electron chi connectivity index (χ4n) is 3.07. The number of carbonyl (C=O) groups is 1. The van der Waals surface area contributed by atoms with Gasteiger partial charge in [-0.15, -0.1) is 0 Å². The zero-order valence-electron chi connectivity index (χ0n) is 14.2. The Labute approximate surface area is 153 Å². The molecular formula is C19H15N5O3. The van der Waals surface area contributed by atoms with Gasteiger partial charge in [0.15, 0.2) is 17.1 Å². The zero-order chi connectivity index (χ0) is 18.2. The standard InChI is InChI=1S/C19H15N5O3/c25-19(22-8-11-3-4-15-16(6-11)27-10-26-15)14-7-12(9-21-14)17-13-2-1-5-20-18(13)24-23-17/h1-7,9,21H,8,10H2,(H,22,25)(H,20,23,24). The van der Waals surface area contributed by atoms with Crippen LogP contribution < -0.4 is 14.8 Å². The van der Waals surface area contributed by atoms with E-state index in [1.165, 1.54) is 0 Å². The van der Waals surface area contributed by atoms with E-state index in [2.05, 4.69) is 25.5 Å². The summed E-state index contributed by atoms with van der Waals surface area (Å²) in [6, 6.07) is 11.2. The number of fused-ring (bicyclic) bond motifs is 2. The molecule has 3 aromatic heterocycles. The Morgan fingerprint density at radius 1 is 1.19 bits per heavy atom. The molecule has 0 spiro atoms. The van der Waals surface area contributed by atoms with E-state index in [1.807, 2.05) is 30.3 Å². The molecule has 0 fully saturated rings. The number of carbonyl (C=O) groups excluding carboxylic acids is 1. The van der Waals surface area contributed by atoms with E-state index in [0.717, 1.165) is 28.0 Å². The van der Waals surface area contributed by atoms with Crippen LogP contribution in [0.1, 0.15) is 16.1 Å². The van der Waals surface area contributed by atoms with Gasteiger partial charge >= 0.3 is 0 Å².